The number of rotatable bonds is 11. The number of ether oxygens (including phenoxy) is 5. The van der Waals surface area contributed by atoms with Gasteiger partial charge in [0, 0.05) is 11.8 Å². The van der Waals surface area contributed by atoms with Crippen LogP contribution in [0.15, 0.2) is 66.2 Å². The number of carbonyl (C=O) groups is 2. The first-order valence-electron chi connectivity index (χ1n) is 13.0. The predicted octanol–water partition coefficient (Wildman–Crippen LogP) is 5.53. The smallest absolute Gasteiger partial charge is 0.300 e. The highest BCUT2D eigenvalue weighted by Crippen LogP contribution is 2.45. The fourth-order valence-corrected chi connectivity index (χ4v) is 4.68. The maximum Gasteiger partial charge on any atom is 0.300 e. The molecule has 9 heteroatoms. The number of Topliss-reactive ketones (excluding diaryl/α,β-unsaturated/α-hetero) is 1. The number of carbonyl (C=O) groups excluding carboxylic acids is 2. The third kappa shape index (κ3) is 5.40. The lowest BCUT2D eigenvalue weighted by Crippen LogP contribution is -2.29. The molecule has 0 saturated carbocycles. The summed E-state index contributed by atoms with van der Waals surface area (Å²) in [6.45, 7) is 6.80. The lowest BCUT2D eigenvalue weighted by molar-refractivity contribution is -0.132. The summed E-state index contributed by atoms with van der Waals surface area (Å²) in [7, 11) is 3.02. The van der Waals surface area contributed by atoms with Gasteiger partial charge in [0.15, 0.2) is 11.5 Å². The number of ketones is 1. The highest BCUT2D eigenvalue weighted by atomic mass is 16.5. The van der Waals surface area contributed by atoms with E-state index in [0.717, 1.165) is 0 Å². The SMILES string of the molecule is CCOc1ccc(N2C(=O)C(=O)/C(=C(/O)c3ccc(OCC)cc3OCC)C2c2ccc(OC)c(OC)c2)cc1. The van der Waals surface area contributed by atoms with Crippen LogP contribution < -0.4 is 28.6 Å². The molecule has 1 aliphatic heterocycles. The van der Waals surface area contributed by atoms with E-state index in [1.165, 1.54) is 19.1 Å². The Kier molecular flexibility index (Phi) is 8.83. The van der Waals surface area contributed by atoms with E-state index >= 15 is 0 Å². The Balaban J connectivity index is 1.94. The summed E-state index contributed by atoms with van der Waals surface area (Å²) in [5, 5.41) is 11.7. The molecule has 1 saturated heterocycles. The molecule has 4 rings (SSSR count). The van der Waals surface area contributed by atoms with E-state index in [1.54, 1.807) is 60.7 Å². The van der Waals surface area contributed by atoms with Gasteiger partial charge in [-0.15, -0.1) is 0 Å². The molecule has 0 aliphatic carbocycles. The monoisotopic (exact) mass is 547 g/mol. The van der Waals surface area contributed by atoms with Gasteiger partial charge < -0.3 is 28.8 Å². The summed E-state index contributed by atoms with van der Waals surface area (Å²) in [6.07, 6.45) is 0. The Labute approximate surface area is 233 Å². The molecule has 1 atom stereocenters. The van der Waals surface area contributed by atoms with Crippen molar-refractivity contribution in [3.8, 4) is 28.7 Å². The van der Waals surface area contributed by atoms with E-state index in [2.05, 4.69) is 0 Å². The summed E-state index contributed by atoms with van der Waals surface area (Å²) >= 11 is 0. The van der Waals surface area contributed by atoms with Gasteiger partial charge in [0.2, 0.25) is 0 Å². The number of hydrogen-bond acceptors (Lipinski definition) is 8. The Morgan fingerprint density at radius 3 is 2.00 bits per heavy atom. The molecule has 0 aromatic heterocycles. The highest BCUT2D eigenvalue weighted by Gasteiger charge is 2.47. The molecular weight excluding hydrogens is 514 g/mol. The minimum atomic E-state index is -0.973. The largest absolute Gasteiger partial charge is 0.507 e. The van der Waals surface area contributed by atoms with Crippen molar-refractivity contribution in [3.63, 3.8) is 0 Å². The number of methoxy groups -OCH3 is 2. The number of benzene rings is 3. The summed E-state index contributed by atoms with van der Waals surface area (Å²) < 4.78 is 27.8. The van der Waals surface area contributed by atoms with Crippen molar-refractivity contribution in [2.75, 3.05) is 38.9 Å². The maximum absolute atomic E-state index is 13.6. The van der Waals surface area contributed by atoms with Crippen molar-refractivity contribution in [3.05, 3.63) is 77.4 Å². The zero-order valence-corrected chi connectivity index (χ0v) is 23.2. The van der Waals surface area contributed by atoms with Crippen LogP contribution in [0.25, 0.3) is 5.76 Å². The molecule has 3 aromatic carbocycles. The summed E-state index contributed by atoms with van der Waals surface area (Å²) in [4.78, 5) is 28.5. The lowest BCUT2D eigenvalue weighted by atomic mass is 9.94. The zero-order chi connectivity index (χ0) is 28.8. The standard InChI is InChI=1S/C31H33NO8/c1-6-38-21-12-10-20(11-13-21)32-28(19-9-16-24(36-4)26(17-19)37-5)27(30(34)31(32)35)29(33)23-15-14-22(39-7-2)18-25(23)40-8-3/h9-18,28,33H,6-8H2,1-5H3/b29-27+. The molecular formula is C31H33NO8. The molecule has 40 heavy (non-hydrogen) atoms. The molecule has 1 unspecified atom stereocenters. The van der Waals surface area contributed by atoms with Gasteiger partial charge in [0.25, 0.3) is 11.7 Å². The molecule has 3 aromatic rings. The second-order valence-corrected chi connectivity index (χ2v) is 8.73. The van der Waals surface area contributed by atoms with E-state index in [0.29, 0.717) is 59.8 Å². The van der Waals surface area contributed by atoms with Crippen molar-refractivity contribution in [2.24, 2.45) is 0 Å². The van der Waals surface area contributed by atoms with Crippen molar-refractivity contribution < 1.29 is 38.4 Å². The Morgan fingerprint density at radius 1 is 0.750 bits per heavy atom. The van der Waals surface area contributed by atoms with Gasteiger partial charge in [0.05, 0.1) is 51.2 Å². The van der Waals surface area contributed by atoms with Gasteiger partial charge in [-0.25, -0.2) is 0 Å². The molecule has 1 amide bonds. The number of nitrogens with zero attached hydrogens (tertiary/aromatic N) is 1. The van der Waals surface area contributed by atoms with E-state index in [1.807, 2.05) is 20.8 Å². The minimum absolute atomic E-state index is 0.0868. The second-order valence-electron chi connectivity index (χ2n) is 8.73. The van der Waals surface area contributed by atoms with Crippen LogP contribution in [-0.4, -0.2) is 50.8 Å². The normalized spacial score (nSPS) is 16.1. The number of aliphatic hydroxyl groups is 1. The second kappa shape index (κ2) is 12.5. The van der Waals surface area contributed by atoms with Gasteiger partial charge in [-0.3, -0.25) is 14.5 Å². The first-order valence-corrected chi connectivity index (χ1v) is 13.0. The average Bonchev–Trinajstić information content (AvgIpc) is 3.23. The summed E-state index contributed by atoms with van der Waals surface area (Å²) in [6, 6.07) is 15.9. The first kappa shape index (κ1) is 28.4. The van der Waals surface area contributed by atoms with E-state index < -0.39 is 17.7 Å². The van der Waals surface area contributed by atoms with Gasteiger partial charge >= 0.3 is 0 Å². The van der Waals surface area contributed by atoms with Crippen LogP contribution in [0.2, 0.25) is 0 Å². The number of hydrogen-bond donors (Lipinski definition) is 1. The molecule has 1 N–H and O–H groups in total. The van der Waals surface area contributed by atoms with Gasteiger partial charge in [-0.05, 0) is 74.9 Å². The first-order chi connectivity index (χ1) is 19.4. The van der Waals surface area contributed by atoms with Crippen molar-refractivity contribution >= 4 is 23.1 Å². The molecule has 210 valence electrons. The third-order valence-electron chi connectivity index (χ3n) is 6.41. The molecule has 0 spiro atoms. The molecule has 1 aliphatic rings. The summed E-state index contributed by atoms with van der Waals surface area (Å²) in [5.74, 6) is 0.414. The number of anilines is 1. The molecule has 1 heterocycles. The molecule has 1 fully saturated rings. The summed E-state index contributed by atoms with van der Waals surface area (Å²) in [5.41, 5.74) is 1.17. The van der Waals surface area contributed by atoms with Gasteiger partial charge in [-0.1, -0.05) is 6.07 Å². The van der Waals surface area contributed by atoms with Crippen LogP contribution in [0.5, 0.6) is 28.7 Å². The van der Waals surface area contributed by atoms with Crippen LogP contribution in [0.3, 0.4) is 0 Å². The Morgan fingerprint density at radius 2 is 1.38 bits per heavy atom. The van der Waals surface area contributed by atoms with Crippen molar-refractivity contribution in [2.45, 2.75) is 26.8 Å². The maximum atomic E-state index is 13.6. The van der Waals surface area contributed by atoms with Crippen LogP contribution >= 0.6 is 0 Å². The van der Waals surface area contributed by atoms with Crippen LogP contribution in [0, 0.1) is 0 Å². The Bertz CT molecular complexity index is 1410. The van der Waals surface area contributed by atoms with E-state index in [4.69, 9.17) is 23.7 Å². The zero-order valence-electron chi connectivity index (χ0n) is 23.2. The fraction of sp³-hybridized carbons (Fsp3) is 0.290. The van der Waals surface area contributed by atoms with E-state index in [9.17, 15) is 14.7 Å². The molecule has 9 nitrogen and oxygen atoms in total. The van der Waals surface area contributed by atoms with Crippen LogP contribution in [-0.2, 0) is 9.59 Å². The fourth-order valence-electron chi connectivity index (χ4n) is 4.68. The molecule has 0 bridgehead atoms. The van der Waals surface area contributed by atoms with E-state index in [-0.39, 0.29) is 16.9 Å². The topological polar surface area (TPSA) is 104 Å². The van der Waals surface area contributed by atoms with Gasteiger partial charge in [0.1, 0.15) is 23.0 Å². The van der Waals surface area contributed by atoms with Crippen molar-refractivity contribution in [1.29, 1.82) is 0 Å². The Hall–Kier alpha value is -4.66. The average molecular weight is 548 g/mol. The lowest BCUT2D eigenvalue weighted by Gasteiger charge is -2.26. The molecule has 0 radical (unpaired) electrons. The minimum Gasteiger partial charge on any atom is -0.507 e. The number of aliphatic hydroxyl groups excluding tert-OH is 1. The highest BCUT2D eigenvalue weighted by molar-refractivity contribution is 6.51. The van der Waals surface area contributed by atoms with Crippen LogP contribution in [0.4, 0.5) is 5.69 Å². The third-order valence-corrected chi connectivity index (χ3v) is 6.41. The van der Waals surface area contributed by atoms with Crippen molar-refractivity contribution in [1.82, 2.24) is 0 Å². The predicted molar refractivity (Wildman–Crippen MR) is 151 cm³/mol. The quantitative estimate of drug-likeness (QED) is 0.190. The van der Waals surface area contributed by atoms with Gasteiger partial charge in [-0.2, -0.15) is 0 Å². The van der Waals surface area contributed by atoms with Crippen LogP contribution in [0.1, 0.15) is 37.9 Å². The number of amides is 1.